The number of nitrogens with zero attached hydrogens (tertiary/aromatic N) is 6. The fraction of sp³-hybridized carbons (Fsp3) is 0.667. The van der Waals surface area contributed by atoms with E-state index >= 15 is 0 Å². The lowest BCUT2D eigenvalue weighted by atomic mass is 10.0. The number of aromatic nitrogens is 5. The third-order valence-electron chi connectivity index (χ3n) is 3.66. The van der Waals surface area contributed by atoms with E-state index in [2.05, 4.69) is 32.1 Å². The summed E-state index contributed by atoms with van der Waals surface area (Å²) in [5, 5.41) is 8.38. The van der Waals surface area contributed by atoms with E-state index in [0.717, 1.165) is 30.1 Å². The van der Waals surface area contributed by atoms with Crippen molar-refractivity contribution in [3.63, 3.8) is 0 Å². The van der Waals surface area contributed by atoms with Crippen LogP contribution >= 0.6 is 0 Å². The summed E-state index contributed by atoms with van der Waals surface area (Å²) in [7, 11) is 0. The number of fused-ring (bicyclic) bond motifs is 1. The van der Waals surface area contributed by atoms with Crippen LogP contribution in [0.2, 0.25) is 0 Å². The molecular formula is C12H18N6. The average Bonchev–Trinajstić information content (AvgIpc) is 2.82. The molecule has 1 atom stereocenters. The molecule has 0 N–H and O–H groups in total. The summed E-state index contributed by atoms with van der Waals surface area (Å²) in [4.78, 5) is 11.1. The Balaban J connectivity index is 2.08. The van der Waals surface area contributed by atoms with Crippen LogP contribution in [0.25, 0.3) is 11.2 Å². The fourth-order valence-corrected chi connectivity index (χ4v) is 2.62. The molecule has 0 radical (unpaired) electrons. The van der Waals surface area contributed by atoms with Crippen LogP contribution in [0.4, 0.5) is 5.82 Å². The Labute approximate surface area is 106 Å². The van der Waals surface area contributed by atoms with Crippen LogP contribution in [0, 0.1) is 0 Å². The van der Waals surface area contributed by atoms with E-state index in [0.29, 0.717) is 6.04 Å². The monoisotopic (exact) mass is 246 g/mol. The summed E-state index contributed by atoms with van der Waals surface area (Å²) >= 11 is 0. The number of aryl methyl sites for hydroxylation is 1. The largest absolute Gasteiger partial charge is 0.352 e. The van der Waals surface area contributed by atoms with Gasteiger partial charge in [-0.3, -0.25) is 0 Å². The Kier molecular flexibility index (Phi) is 2.85. The molecule has 0 unspecified atom stereocenters. The van der Waals surface area contributed by atoms with Gasteiger partial charge in [0.05, 0.1) is 0 Å². The Morgan fingerprint density at radius 3 is 3.00 bits per heavy atom. The Hall–Kier alpha value is -1.72. The van der Waals surface area contributed by atoms with Crippen molar-refractivity contribution >= 4 is 17.0 Å². The summed E-state index contributed by atoms with van der Waals surface area (Å²) in [6.07, 6.45) is 5.35. The smallest absolute Gasteiger partial charge is 0.183 e. The molecule has 1 saturated heterocycles. The fourth-order valence-electron chi connectivity index (χ4n) is 2.62. The van der Waals surface area contributed by atoms with Gasteiger partial charge in [-0.05, 0) is 33.1 Å². The average molecular weight is 246 g/mol. The number of hydrogen-bond acceptors (Lipinski definition) is 5. The molecule has 6 heteroatoms. The van der Waals surface area contributed by atoms with Gasteiger partial charge in [0.15, 0.2) is 17.0 Å². The van der Waals surface area contributed by atoms with E-state index in [4.69, 9.17) is 0 Å². The van der Waals surface area contributed by atoms with Gasteiger partial charge in [0.25, 0.3) is 0 Å². The Morgan fingerprint density at radius 2 is 2.22 bits per heavy atom. The maximum atomic E-state index is 4.43. The highest BCUT2D eigenvalue weighted by molar-refractivity contribution is 5.82. The SMILES string of the molecule is CCn1nnc2c(N3CCCC[C@@H]3C)ncnc21. The lowest BCUT2D eigenvalue weighted by Crippen LogP contribution is -2.38. The summed E-state index contributed by atoms with van der Waals surface area (Å²) in [5.74, 6) is 0.937. The van der Waals surface area contributed by atoms with Crippen LogP contribution in [-0.2, 0) is 6.54 Å². The van der Waals surface area contributed by atoms with Gasteiger partial charge >= 0.3 is 0 Å². The topological polar surface area (TPSA) is 59.7 Å². The van der Waals surface area contributed by atoms with E-state index in [-0.39, 0.29) is 0 Å². The minimum atomic E-state index is 0.517. The van der Waals surface area contributed by atoms with Crippen molar-refractivity contribution in [3.8, 4) is 0 Å². The van der Waals surface area contributed by atoms with E-state index in [1.165, 1.54) is 19.3 Å². The highest BCUT2D eigenvalue weighted by Crippen LogP contribution is 2.27. The minimum absolute atomic E-state index is 0.517. The molecular weight excluding hydrogens is 228 g/mol. The van der Waals surface area contributed by atoms with Crippen LogP contribution in [0.5, 0.6) is 0 Å². The third kappa shape index (κ3) is 1.72. The molecule has 6 nitrogen and oxygen atoms in total. The maximum absolute atomic E-state index is 4.43. The predicted molar refractivity (Wildman–Crippen MR) is 69.5 cm³/mol. The van der Waals surface area contributed by atoms with Crippen LogP contribution in [0.15, 0.2) is 6.33 Å². The van der Waals surface area contributed by atoms with Gasteiger partial charge < -0.3 is 4.90 Å². The number of rotatable bonds is 2. The first kappa shape index (κ1) is 11.4. The second-order valence-electron chi connectivity index (χ2n) is 4.81. The molecule has 0 spiro atoms. The summed E-state index contributed by atoms with van der Waals surface area (Å²) in [6, 6.07) is 0.517. The molecule has 0 aromatic carbocycles. The van der Waals surface area contributed by atoms with Crippen molar-refractivity contribution in [2.75, 3.05) is 11.4 Å². The van der Waals surface area contributed by atoms with Crippen molar-refractivity contribution in [2.45, 2.75) is 45.7 Å². The van der Waals surface area contributed by atoms with Crippen LogP contribution in [0.3, 0.4) is 0 Å². The van der Waals surface area contributed by atoms with Gasteiger partial charge in [0.1, 0.15) is 6.33 Å². The van der Waals surface area contributed by atoms with Gasteiger partial charge in [-0.25, -0.2) is 14.6 Å². The molecule has 2 aromatic rings. The first-order valence-electron chi connectivity index (χ1n) is 6.62. The molecule has 1 fully saturated rings. The molecule has 1 aliphatic rings. The van der Waals surface area contributed by atoms with Crippen molar-refractivity contribution in [1.82, 2.24) is 25.0 Å². The highest BCUT2D eigenvalue weighted by Gasteiger charge is 2.23. The maximum Gasteiger partial charge on any atom is 0.183 e. The quantitative estimate of drug-likeness (QED) is 0.806. The lowest BCUT2D eigenvalue weighted by molar-refractivity contribution is 0.482. The van der Waals surface area contributed by atoms with Crippen LogP contribution < -0.4 is 4.90 Å². The summed E-state index contributed by atoms with van der Waals surface area (Å²) in [6.45, 7) is 6.12. The minimum Gasteiger partial charge on any atom is -0.352 e. The third-order valence-corrected chi connectivity index (χ3v) is 3.66. The number of anilines is 1. The Bertz CT molecular complexity index is 548. The first-order chi connectivity index (χ1) is 8.81. The van der Waals surface area contributed by atoms with Gasteiger partial charge in [0, 0.05) is 19.1 Å². The summed E-state index contributed by atoms with van der Waals surface area (Å²) in [5.41, 5.74) is 1.66. The van der Waals surface area contributed by atoms with Crippen molar-refractivity contribution < 1.29 is 0 Å². The Morgan fingerprint density at radius 1 is 1.33 bits per heavy atom. The van der Waals surface area contributed by atoms with Gasteiger partial charge in [0.2, 0.25) is 0 Å². The zero-order valence-corrected chi connectivity index (χ0v) is 10.9. The predicted octanol–water partition coefficient (Wildman–Crippen LogP) is 1.62. The highest BCUT2D eigenvalue weighted by atomic mass is 15.4. The molecule has 3 rings (SSSR count). The number of hydrogen-bond donors (Lipinski definition) is 0. The molecule has 0 aliphatic carbocycles. The standard InChI is InChI=1S/C12H18N6/c1-3-18-12-10(15-16-18)11(13-8-14-12)17-7-5-4-6-9(17)2/h8-9H,3-7H2,1-2H3/t9-/m0/s1. The van der Waals surface area contributed by atoms with E-state index in [1.807, 2.05) is 11.6 Å². The molecule has 0 amide bonds. The van der Waals surface area contributed by atoms with E-state index in [1.54, 1.807) is 6.33 Å². The molecule has 1 aliphatic heterocycles. The second kappa shape index (κ2) is 4.51. The lowest BCUT2D eigenvalue weighted by Gasteiger charge is -2.34. The molecule has 96 valence electrons. The van der Waals surface area contributed by atoms with Crippen LogP contribution in [-0.4, -0.2) is 37.5 Å². The van der Waals surface area contributed by atoms with Gasteiger partial charge in [-0.15, -0.1) is 5.10 Å². The summed E-state index contributed by atoms with van der Waals surface area (Å²) < 4.78 is 1.81. The zero-order valence-electron chi connectivity index (χ0n) is 10.9. The molecule has 0 saturated carbocycles. The molecule has 3 heterocycles. The van der Waals surface area contributed by atoms with E-state index in [9.17, 15) is 0 Å². The molecule has 18 heavy (non-hydrogen) atoms. The second-order valence-corrected chi connectivity index (χ2v) is 4.81. The van der Waals surface area contributed by atoms with E-state index < -0.39 is 0 Å². The van der Waals surface area contributed by atoms with Gasteiger partial charge in [-0.2, -0.15) is 0 Å². The molecule has 2 aromatic heterocycles. The molecule has 0 bridgehead atoms. The van der Waals surface area contributed by atoms with Crippen molar-refractivity contribution in [2.24, 2.45) is 0 Å². The van der Waals surface area contributed by atoms with Gasteiger partial charge in [-0.1, -0.05) is 5.21 Å². The zero-order chi connectivity index (χ0) is 12.5. The van der Waals surface area contributed by atoms with Crippen molar-refractivity contribution in [3.05, 3.63) is 6.33 Å². The number of piperidine rings is 1. The van der Waals surface area contributed by atoms with Crippen LogP contribution in [0.1, 0.15) is 33.1 Å². The first-order valence-corrected chi connectivity index (χ1v) is 6.62. The van der Waals surface area contributed by atoms with Crippen molar-refractivity contribution in [1.29, 1.82) is 0 Å². The normalized spacial score (nSPS) is 20.6.